The maximum Gasteiger partial charge on any atom is 0.312 e. The number of nitrogens with zero attached hydrogens (tertiary/aromatic N) is 1. The van der Waals surface area contributed by atoms with Crippen LogP contribution in [0.3, 0.4) is 0 Å². The van der Waals surface area contributed by atoms with Crippen LogP contribution in [0.25, 0.3) is 0 Å². The Kier molecular flexibility index (Phi) is 3.25. The summed E-state index contributed by atoms with van der Waals surface area (Å²) < 4.78 is 11.2. The predicted octanol–water partition coefficient (Wildman–Crippen LogP) is 2.19. The van der Waals surface area contributed by atoms with E-state index in [2.05, 4.69) is 0 Å². The van der Waals surface area contributed by atoms with E-state index in [4.69, 9.17) is 21.1 Å². The van der Waals surface area contributed by atoms with Crippen LogP contribution in [0.4, 0.5) is 5.69 Å². The Bertz CT molecular complexity index is 701. The SMILES string of the molecule is CCOC(=O)[C@@H]1[C@@H]2C=C[C@@]3(CN(c4ccc(Cl)cc4)C(=O)[C@@H]13)O2. The fourth-order valence-electron chi connectivity index (χ4n) is 3.85. The van der Waals surface area contributed by atoms with Gasteiger partial charge in [-0.2, -0.15) is 0 Å². The summed E-state index contributed by atoms with van der Waals surface area (Å²) in [7, 11) is 0. The second-order valence-electron chi connectivity index (χ2n) is 6.05. The lowest BCUT2D eigenvalue weighted by Crippen LogP contribution is -2.40. The molecule has 1 spiro atoms. The zero-order valence-corrected chi connectivity index (χ0v) is 13.3. The lowest BCUT2D eigenvalue weighted by molar-refractivity contribution is -0.151. The molecule has 1 amide bonds. The second-order valence-corrected chi connectivity index (χ2v) is 6.49. The molecule has 6 heteroatoms. The normalized spacial score (nSPS) is 34.1. The number of fused-ring (bicyclic) bond motifs is 1. The van der Waals surface area contributed by atoms with Gasteiger partial charge >= 0.3 is 5.97 Å². The Balaban J connectivity index is 1.68. The van der Waals surface area contributed by atoms with Crippen molar-refractivity contribution in [1.29, 1.82) is 0 Å². The van der Waals surface area contributed by atoms with Gasteiger partial charge in [0.15, 0.2) is 0 Å². The Hall–Kier alpha value is -1.85. The molecule has 1 aromatic carbocycles. The maximum atomic E-state index is 12.9. The van der Waals surface area contributed by atoms with Gasteiger partial charge in [-0.3, -0.25) is 9.59 Å². The van der Waals surface area contributed by atoms with Gasteiger partial charge in [0.05, 0.1) is 25.2 Å². The number of hydrogen-bond acceptors (Lipinski definition) is 4. The van der Waals surface area contributed by atoms with Crippen molar-refractivity contribution in [2.75, 3.05) is 18.1 Å². The first kappa shape index (κ1) is 14.7. The average Bonchev–Trinajstić information content (AvgIpc) is 3.17. The monoisotopic (exact) mass is 333 g/mol. The zero-order chi connectivity index (χ0) is 16.2. The van der Waals surface area contributed by atoms with Crippen molar-refractivity contribution in [3.63, 3.8) is 0 Å². The van der Waals surface area contributed by atoms with Gasteiger partial charge in [0.1, 0.15) is 11.5 Å². The Morgan fingerprint density at radius 2 is 2.17 bits per heavy atom. The third-order valence-corrected chi connectivity index (χ3v) is 5.05. The molecule has 4 rings (SSSR count). The summed E-state index contributed by atoms with van der Waals surface area (Å²) in [5.74, 6) is -1.55. The molecule has 4 atom stereocenters. The minimum atomic E-state index is -0.723. The summed E-state index contributed by atoms with van der Waals surface area (Å²) in [5.41, 5.74) is 0.0324. The van der Waals surface area contributed by atoms with Crippen molar-refractivity contribution in [2.24, 2.45) is 11.8 Å². The summed E-state index contributed by atoms with van der Waals surface area (Å²) in [6.07, 6.45) is 3.43. The number of amides is 1. The molecule has 2 fully saturated rings. The van der Waals surface area contributed by atoms with Crippen LogP contribution in [0.2, 0.25) is 5.02 Å². The number of anilines is 1. The molecule has 0 unspecified atom stereocenters. The fourth-order valence-corrected chi connectivity index (χ4v) is 3.97. The molecule has 2 saturated heterocycles. The van der Waals surface area contributed by atoms with Crippen molar-refractivity contribution in [3.05, 3.63) is 41.4 Å². The summed E-state index contributed by atoms with van der Waals surface area (Å²) in [6.45, 7) is 2.45. The number of halogens is 1. The molecule has 120 valence electrons. The first-order chi connectivity index (χ1) is 11.1. The van der Waals surface area contributed by atoms with Crippen molar-refractivity contribution in [3.8, 4) is 0 Å². The molecular formula is C17H16ClNO4. The first-order valence-corrected chi connectivity index (χ1v) is 8.04. The third-order valence-electron chi connectivity index (χ3n) is 4.80. The largest absolute Gasteiger partial charge is 0.466 e. The highest BCUT2D eigenvalue weighted by atomic mass is 35.5. The van der Waals surface area contributed by atoms with Gasteiger partial charge in [0.25, 0.3) is 0 Å². The number of carbonyl (C=O) groups excluding carboxylic acids is 2. The number of esters is 1. The Morgan fingerprint density at radius 3 is 2.87 bits per heavy atom. The first-order valence-electron chi connectivity index (χ1n) is 7.66. The lowest BCUT2D eigenvalue weighted by Gasteiger charge is -2.22. The standard InChI is InChI=1S/C17H16ClNO4/c1-2-22-16(21)13-12-7-8-17(23-12)9-19(15(20)14(13)17)11-5-3-10(18)4-6-11/h3-8,12-14H,2,9H2,1H3/t12-,13+,14+,17-/m0/s1. The third kappa shape index (κ3) is 2.03. The van der Waals surface area contributed by atoms with Gasteiger partial charge in [0.2, 0.25) is 5.91 Å². The van der Waals surface area contributed by atoms with Crippen molar-refractivity contribution >= 4 is 29.2 Å². The van der Waals surface area contributed by atoms with E-state index >= 15 is 0 Å². The van der Waals surface area contributed by atoms with Crippen LogP contribution < -0.4 is 4.90 Å². The minimum Gasteiger partial charge on any atom is -0.466 e. The molecule has 0 radical (unpaired) electrons. The van der Waals surface area contributed by atoms with E-state index in [9.17, 15) is 9.59 Å². The summed E-state index contributed by atoms with van der Waals surface area (Å²) in [4.78, 5) is 26.9. The van der Waals surface area contributed by atoms with Crippen LogP contribution in [0, 0.1) is 11.8 Å². The van der Waals surface area contributed by atoms with Crippen molar-refractivity contribution in [2.45, 2.75) is 18.6 Å². The molecule has 23 heavy (non-hydrogen) atoms. The van der Waals surface area contributed by atoms with E-state index in [1.807, 2.05) is 12.2 Å². The second kappa shape index (κ2) is 5.08. The quantitative estimate of drug-likeness (QED) is 0.628. The number of rotatable bonds is 3. The van der Waals surface area contributed by atoms with Crippen molar-refractivity contribution < 1.29 is 19.1 Å². The van der Waals surface area contributed by atoms with Gasteiger partial charge in [-0.15, -0.1) is 0 Å². The number of carbonyl (C=O) groups is 2. The average molecular weight is 334 g/mol. The van der Waals surface area contributed by atoms with Crippen LogP contribution in [-0.4, -0.2) is 36.7 Å². The molecule has 2 bridgehead atoms. The highest BCUT2D eigenvalue weighted by Gasteiger charge is 2.67. The van der Waals surface area contributed by atoms with E-state index < -0.39 is 17.4 Å². The van der Waals surface area contributed by atoms with Crippen LogP contribution >= 0.6 is 11.6 Å². The number of hydrogen-bond donors (Lipinski definition) is 0. The van der Waals surface area contributed by atoms with E-state index in [0.717, 1.165) is 5.69 Å². The molecule has 3 aliphatic heterocycles. The van der Waals surface area contributed by atoms with Crippen molar-refractivity contribution in [1.82, 2.24) is 0 Å². The van der Waals surface area contributed by atoms with Gasteiger partial charge in [0, 0.05) is 10.7 Å². The van der Waals surface area contributed by atoms with Gasteiger partial charge in [-0.05, 0) is 31.2 Å². The van der Waals surface area contributed by atoms with Gasteiger partial charge < -0.3 is 14.4 Å². The van der Waals surface area contributed by atoms with Crippen LogP contribution in [0.1, 0.15) is 6.92 Å². The molecular weight excluding hydrogens is 318 g/mol. The molecule has 1 aromatic rings. The summed E-state index contributed by atoms with van der Waals surface area (Å²) in [5, 5.41) is 0.611. The number of benzene rings is 1. The Morgan fingerprint density at radius 1 is 1.43 bits per heavy atom. The van der Waals surface area contributed by atoms with Gasteiger partial charge in [-0.1, -0.05) is 23.8 Å². The van der Waals surface area contributed by atoms with Crippen LogP contribution in [0.5, 0.6) is 0 Å². The lowest BCUT2D eigenvalue weighted by atomic mass is 9.77. The Labute approximate surface area is 138 Å². The smallest absolute Gasteiger partial charge is 0.312 e. The molecule has 0 aromatic heterocycles. The topological polar surface area (TPSA) is 55.8 Å². The highest BCUT2D eigenvalue weighted by Crippen LogP contribution is 2.52. The molecule has 0 N–H and O–H groups in total. The van der Waals surface area contributed by atoms with E-state index in [1.165, 1.54) is 0 Å². The van der Waals surface area contributed by atoms with Crippen LogP contribution in [-0.2, 0) is 19.1 Å². The molecule has 0 aliphatic carbocycles. The highest BCUT2D eigenvalue weighted by molar-refractivity contribution is 6.30. The molecule has 0 saturated carbocycles. The minimum absolute atomic E-state index is 0.0998. The van der Waals surface area contributed by atoms with E-state index in [1.54, 1.807) is 36.1 Å². The van der Waals surface area contributed by atoms with E-state index in [-0.39, 0.29) is 18.0 Å². The summed E-state index contributed by atoms with van der Waals surface area (Å²) >= 11 is 5.91. The molecule has 3 aliphatic rings. The van der Waals surface area contributed by atoms with Gasteiger partial charge in [-0.25, -0.2) is 0 Å². The molecule has 5 nitrogen and oxygen atoms in total. The fraction of sp³-hybridized carbons (Fsp3) is 0.412. The summed E-state index contributed by atoms with van der Waals surface area (Å²) in [6, 6.07) is 7.08. The predicted molar refractivity (Wildman–Crippen MR) is 84.2 cm³/mol. The van der Waals surface area contributed by atoms with Crippen LogP contribution in [0.15, 0.2) is 36.4 Å². The molecule has 3 heterocycles. The zero-order valence-electron chi connectivity index (χ0n) is 12.6. The maximum absolute atomic E-state index is 12.9. The number of ether oxygens (including phenoxy) is 2. The van der Waals surface area contributed by atoms with E-state index in [0.29, 0.717) is 18.2 Å².